The van der Waals surface area contributed by atoms with Crippen molar-refractivity contribution < 1.29 is 9.53 Å². The number of carbonyl (C=O) groups is 1. The zero-order chi connectivity index (χ0) is 12.9. The van der Waals surface area contributed by atoms with Gasteiger partial charge < -0.3 is 10.1 Å². The van der Waals surface area contributed by atoms with Gasteiger partial charge in [-0.25, -0.2) is 0 Å². The number of likely N-dealkylation sites (N-methyl/N-ethyl adjacent to an activating group) is 1. The number of hydrogen-bond acceptors (Lipinski definition) is 2. The standard InChI is InChI=1S/C14H21NO2/c1-5-15-13(16)10-17-12-9-7-6-8-11(12)14(2,3)4/h6-9H,5,10H2,1-4H3,(H,15,16). The van der Waals surface area contributed by atoms with E-state index in [1.165, 1.54) is 0 Å². The third-order valence-electron chi connectivity index (χ3n) is 2.43. The van der Waals surface area contributed by atoms with E-state index >= 15 is 0 Å². The van der Waals surface area contributed by atoms with Crippen LogP contribution in [0, 0.1) is 0 Å². The van der Waals surface area contributed by atoms with Gasteiger partial charge in [0.05, 0.1) is 0 Å². The fraction of sp³-hybridized carbons (Fsp3) is 0.500. The molecule has 1 aromatic carbocycles. The van der Waals surface area contributed by atoms with Crippen LogP contribution in [0.4, 0.5) is 0 Å². The van der Waals surface area contributed by atoms with Crippen LogP contribution in [0.5, 0.6) is 5.75 Å². The van der Waals surface area contributed by atoms with Crippen molar-refractivity contribution in [1.29, 1.82) is 0 Å². The van der Waals surface area contributed by atoms with Gasteiger partial charge in [-0.15, -0.1) is 0 Å². The van der Waals surface area contributed by atoms with Crippen LogP contribution in [-0.4, -0.2) is 19.1 Å². The Bertz CT molecular complexity index is 380. The van der Waals surface area contributed by atoms with Gasteiger partial charge in [0.25, 0.3) is 5.91 Å². The number of rotatable bonds is 4. The van der Waals surface area contributed by atoms with Crippen LogP contribution in [0.25, 0.3) is 0 Å². The SMILES string of the molecule is CCNC(=O)COc1ccccc1C(C)(C)C. The first-order valence-corrected chi connectivity index (χ1v) is 5.94. The molecule has 0 bridgehead atoms. The third-order valence-corrected chi connectivity index (χ3v) is 2.43. The third kappa shape index (κ3) is 4.10. The van der Waals surface area contributed by atoms with Gasteiger partial charge in [0.15, 0.2) is 6.61 Å². The second-order valence-electron chi connectivity index (χ2n) is 4.99. The quantitative estimate of drug-likeness (QED) is 0.870. The summed E-state index contributed by atoms with van der Waals surface area (Å²) >= 11 is 0. The Hall–Kier alpha value is -1.51. The number of para-hydroxylation sites is 1. The fourth-order valence-corrected chi connectivity index (χ4v) is 1.60. The summed E-state index contributed by atoms with van der Waals surface area (Å²) in [5.74, 6) is 0.697. The van der Waals surface area contributed by atoms with Gasteiger partial charge in [-0.3, -0.25) is 4.79 Å². The van der Waals surface area contributed by atoms with E-state index in [9.17, 15) is 4.79 Å². The highest BCUT2D eigenvalue weighted by molar-refractivity contribution is 5.77. The average Bonchev–Trinajstić information content (AvgIpc) is 2.26. The van der Waals surface area contributed by atoms with Gasteiger partial charge in [-0.2, -0.15) is 0 Å². The van der Waals surface area contributed by atoms with Crippen LogP contribution in [-0.2, 0) is 10.2 Å². The van der Waals surface area contributed by atoms with Gasteiger partial charge in [-0.05, 0) is 24.0 Å². The van der Waals surface area contributed by atoms with Crippen molar-refractivity contribution in [1.82, 2.24) is 5.32 Å². The van der Waals surface area contributed by atoms with Crippen LogP contribution < -0.4 is 10.1 Å². The molecule has 1 amide bonds. The Labute approximate surface area is 103 Å². The molecule has 0 aliphatic heterocycles. The highest BCUT2D eigenvalue weighted by Crippen LogP contribution is 2.30. The molecule has 0 saturated heterocycles. The summed E-state index contributed by atoms with van der Waals surface area (Å²) < 4.78 is 5.57. The minimum atomic E-state index is -0.0868. The number of hydrogen-bond donors (Lipinski definition) is 1. The zero-order valence-corrected chi connectivity index (χ0v) is 11.0. The Morgan fingerprint density at radius 3 is 2.53 bits per heavy atom. The summed E-state index contributed by atoms with van der Waals surface area (Å²) in [6, 6.07) is 7.84. The maximum Gasteiger partial charge on any atom is 0.257 e. The van der Waals surface area contributed by atoms with Crippen LogP contribution in [0.15, 0.2) is 24.3 Å². The maximum atomic E-state index is 11.3. The first-order chi connectivity index (χ1) is 7.95. The van der Waals surface area contributed by atoms with Crippen molar-refractivity contribution in [2.75, 3.05) is 13.2 Å². The Balaban J connectivity index is 2.74. The first-order valence-electron chi connectivity index (χ1n) is 5.94. The lowest BCUT2D eigenvalue weighted by molar-refractivity contribution is -0.123. The van der Waals surface area contributed by atoms with Crippen molar-refractivity contribution in [3.05, 3.63) is 29.8 Å². The van der Waals surface area contributed by atoms with E-state index in [0.717, 1.165) is 11.3 Å². The molecule has 0 fully saturated rings. The lowest BCUT2D eigenvalue weighted by atomic mass is 9.86. The van der Waals surface area contributed by atoms with Crippen molar-refractivity contribution >= 4 is 5.91 Å². The lowest BCUT2D eigenvalue weighted by Gasteiger charge is -2.22. The molecule has 0 saturated carbocycles. The Morgan fingerprint density at radius 1 is 1.29 bits per heavy atom. The van der Waals surface area contributed by atoms with Gasteiger partial charge in [0.2, 0.25) is 0 Å². The van der Waals surface area contributed by atoms with Crippen LogP contribution in [0.2, 0.25) is 0 Å². The molecular formula is C14H21NO2. The van der Waals surface area contributed by atoms with E-state index in [2.05, 4.69) is 26.1 Å². The Morgan fingerprint density at radius 2 is 1.94 bits per heavy atom. The molecule has 17 heavy (non-hydrogen) atoms. The summed E-state index contributed by atoms with van der Waals surface area (Å²) in [6.45, 7) is 8.97. The molecule has 94 valence electrons. The van der Waals surface area contributed by atoms with Crippen LogP contribution in [0.3, 0.4) is 0 Å². The Kier molecular flexibility index (Phi) is 4.55. The van der Waals surface area contributed by atoms with E-state index in [0.29, 0.717) is 6.54 Å². The molecule has 0 aliphatic carbocycles. The second kappa shape index (κ2) is 5.71. The number of carbonyl (C=O) groups excluding carboxylic acids is 1. The van der Waals surface area contributed by atoms with E-state index < -0.39 is 0 Å². The monoisotopic (exact) mass is 235 g/mol. The van der Waals surface area contributed by atoms with E-state index in [1.807, 2.05) is 31.2 Å². The van der Waals surface area contributed by atoms with Gasteiger partial charge >= 0.3 is 0 Å². The minimum Gasteiger partial charge on any atom is -0.483 e. The molecule has 3 heteroatoms. The first kappa shape index (κ1) is 13.6. The molecule has 0 spiro atoms. The van der Waals surface area contributed by atoms with Gasteiger partial charge in [-0.1, -0.05) is 39.0 Å². The molecule has 0 aliphatic rings. The lowest BCUT2D eigenvalue weighted by Crippen LogP contribution is -2.29. The molecule has 3 nitrogen and oxygen atoms in total. The molecule has 0 atom stereocenters. The molecule has 0 unspecified atom stereocenters. The molecule has 1 N–H and O–H groups in total. The largest absolute Gasteiger partial charge is 0.483 e. The molecule has 1 aromatic rings. The van der Waals surface area contributed by atoms with Crippen LogP contribution in [0.1, 0.15) is 33.3 Å². The molecule has 0 radical (unpaired) electrons. The summed E-state index contributed by atoms with van der Waals surface area (Å²) in [7, 11) is 0. The van der Waals surface area contributed by atoms with Crippen molar-refractivity contribution in [3.63, 3.8) is 0 Å². The minimum absolute atomic E-state index is 0.0117. The van der Waals surface area contributed by atoms with E-state index in [1.54, 1.807) is 0 Å². The van der Waals surface area contributed by atoms with E-state index in [4.69, 9.17) is 4.74 Å². The maximum absolute atomic E-state index is 11.3. The molecule has 0 heterocycles. The van der Waals surface area contributed by atoms with Crippen LogP contribution >= 0.6 is 0 Å². The normalized spacial score (nSPS) is 11.1. The average molecular weight is 235 g/mol. The number of benzene rings is 1. The summed E-state index contributed by atoms with van der Waals surface area (Å²) in [6.07, 6.45) is 0. The topological polar surface area (TPSA) is 38.3 Å². The fourth-order valence-electron chi connectivity index (χ4n) is 1.60. The van der Waals surface area contributed by atoms with Gasteiger partial charge in [0.1, 0.15) is 5.75 Å². The highest BCUT2D eigenvalue weighted by Gasteiger charge is 2.18. The van der Waals surface area contributed by atoms with Gasteiger partial charge in [0, 0.05) is 6.54 Å². The number of amides is 1. The second-order valence-corrected chi connectivity index (χ2v) is 4.99. The van der Waals surface area contributed by atoms with Crippen molar-refractivity contribution in [2.24, 2.45) is 0 Å². The number of nitrogens with one attached hydrogen (secondary N) is 1. The summed E-state index contributed by atoms with van der Waals surface area (Å²) in [4.78, 5) is 11.3. The van der Waals surface area contributed by atoms with E-state index in [-0.39, 0.29) is 17.9 Å². The smallest absolute Gasteiger partial charge is 0.257 e. The van der Waals surface area contributed by atoms with Crippen molar-refractivity contribution in [2.45, 2.75) is 33.1 Å². The predicted octanol–water partition coefficient (Wildman–Crippen LogP) is 2.50. The predicted molar refractivity (Wildman–Crippen MR) is 69.3 cm³/mol. The highest BCUT2D eigenvalue weighted by atomic mass is 16.5. The number of ether oxygens (including phenoxy) is 1. The zero-order valence-electron chi connectivity index (χ0n) is 11.0. The molecule has 1 rings (SSSR count). The molecule has 0 aromatic heterocycles. The summed E-state index contributed by atoms with van der Waals surface area (Å²) in [5, 5.41) is 2.71. The van der Waals surface area contributed by atoms with Crippen molar-refractivity contribution in [3.8, 4) is 5.75 Å². The summed E-state index contributed by atoms with van der Waals surface area (Å²) in [5.41, 5.74) is 1.13. The molecular weight excluding hydrogens is 214 g/mol.